The Labute approximate surface area is 158 Å². The lowest BCUT2D eigenvalue weighted by Crippen LogP contribution is -2.59. The molecule has 2 aliphatic heterocycles. The van der Waals surface area contributed by atoms with Gasteiger partial charge < -0.3 is 24.1 Å². The van der Waals surface area contributed by atoms with Crippen LogP contribution >= 0.6 is 0 Å². The highest BCUT2D eigenvalue weighted by Crippen LogP contribution is 2.50. The molecule has 1 saturated carbocycles. The highest BCUT2D eigenvalue weighted by molar-refractivity contribution is 5.67. The Kier molecular flexibility index (Phi) is 4.61. The van der Waals surface area contributed by atoms with Gasteiger partial charge in [0.2, 0.25) is 0 Å². The van der Waals surface area contributed by atoms with E-state index in [2.05, 4.69) is 11.0 Å². The van der Waals surface area contributed by atoms with Crippen LogP contribution in [0, 0.1) is 0 Å². The van der Waals surface area contributed by atoms with E-state index in [9.17, 15) is 9.90 Å². The van der Waals surface area contributed by atoms with E-state index in [0.29, 0.717) is 11.5 Å². The van der Waals surface area contributed by atoms with Crippen molar-refractivity contribution in [2.24, 2.45) is 0 Å². The molecular weight excluding hydrogens is 350 g/mol. The lowest BCUT2D eigenvalue weighted by Gasteiger charge is -2.49. The summed E-state index contributed by atoms with van der Waals surface area (Å²) >= 11 is 0. The van der Waals surface area contributed by atoms with Gasteiger partial charge in [0.25, 0.3) is 0 Å². The summed E-state index contributed by atoms with van der Waals surface area (Å²) in [4.78, 5) is 13.9. The lowest BCUT2D eigenvalue weighted by molar-refractivity contribution is -0.163. The molecule has 0 aromatic heterocycles. The molecule has 0 spiro atoms. The topological polar surface area (TPSA) is 77.5 Å². The minimum absolute atomic E-state index is 0.0265. The van der Waals surface area contributed by atoms with Crippen molar-refractivity contribution in [2.45, 2.75) is 43.7 Å². The summed E-state index contributed by atoms with van der Waals surface area (Å²) in [6.07, 6.45) is 0.0823. The zero-order valence-corrected chi connectivity index (χ0v) is 16.0. The molecule has 27 heavy (non-hydrogen) atoms. The van der Waals surface area contributed by atoms with E-state index in [0.717, 1.165) is 29.8 Å². The lowest BCUT2D eigenvalue weighted by atomic mass is 9.69. The van der Waals surface area contributed by atoms with Crippen molar-refractivity contribution in [3.05, 3.63) is 34.9 Å². The molecule has 146 valence electrons. The van der Waals surface area contributed by atoms with Gasteiger partial charge in [0.1, 0.15) is 6.10 Å². The van der Waals surface area contributed by atoms with Crippen LogP contribution in [-0.4, -0.2) is 68.2 Å². The average Bonchev–Trinajstić information content (AvgIpc) is 3.07. The second-order valence-corrected chi connectivity index (χ2v) is 7.23. The van der Waals surface area contributed by atoms with Crippen LogP contribution in [0.4, 0.5) is 0 Å². The number of fused-ring (bicyclic) bond motifs is 2. The van der Waals surface area contributed by atoms with E-state index in [1.54, 1.807) is 14.2 Å². The zero-order valence-electron chi connectivity index (χ0n) is 16.0. The molecule has 0 amide bonds. The molecule has 7 nitrogen and oxygen atoms in total. The van der Waals surface area contributed by atoms with E-state index in [1.807, 2.05) is 12.1 Å². The van der Waals surface area contributed by atoms with Crippen LogP contribution in [0.1, 0.15) is 24.0 Å². The van der Waals surface area contributed by atoms with Gasteiger partial charge in [-0.05, 0) is 28.8 Å². The number of aliphatic hydroxyl groups is 1. The molecule has 1 aromatic carbocycles. The normalized spacial score (nSPS) is 31.6. The maximum Gasteiger partial charge on any atom is 0.303 e. The molecule has 0 radical (unpaired) electrons. The smallest absolute Gasteiger partial charge is 0.303 e. The van der Waals surface area contributed by atoms with Crippen LogP contribution in [0.3, 0.4) is 0 Å². The van der Waals surface area contributed by atoms with Crippen molar-refractivity contribution in [1.29, 1.82) is 0 Å². The van der Waals surface area contributed by atoms with Gasteiger partial charge in [0, 0.05) is 39.1 Å². The molecule has 1 fully saturated rings. The molecule has 7 heteroatoms. The average molecular weight is 375 g/mol. The van der Waals surface area contributed by atoms with Crippen LogP contribution in [0.15, 0.2) is 23.8 Å². The van der Waals surface area contributed by atoms with E-state index in [4.69, 9.17) is 18.9 Å². The zero-order chi connectivity index (χ0) is 19.3. The van der Waals surface area contributed by atoms with Gasteiger partial charge in [0.05, 0.1) is 20.3 Å². The van der Waals surface area contributed by atoms with E-state index >= 15 is 0 Å². The molecule has 0 unspecified atom stereocenters. The van der Waals surface area contributed by atoms with Gasteiger partial charge in [-0.3, -0.25) is 9.69 Å². The summed E-state index contributed by atoms with van der Waals surface area (Å²) in [5, 5.41) is 11.2. The number of methoxy groups -OCH3 is 3. The number of rotatable bonds is 4. The van der Waals surface area contributed by atoms with Crippen LogP contribution in [0.5, 0.6) is 11.5 Å². The number of carbonyl (C=O) groups excluding carboxylic acids is 1. The minimum Gasteiger partial charge on any atom is -0.493 e. The Hall–Kier alpha value is -2.09. The molecule has 2 heterocycles. The Balaban J connectivity index is 1.82. The quantitative estimate of drug-likeness (QED) is 0.627. The summed E-state index contributed by atoms with van der Waals surface area (Å²) in [5.74, 6) is 0.735. The Morgan fingerprint density at radius 1 is 1.19 bits per heavy atom. The third-order valence-electron chi connectivity index (χ3n) is 5.91. The SMILES string of the molecule is COc1cc2c(cc1OC)[C@@H]1[C@H](O)[C@@H](OC)[C@H](OC(C)=O)C3=CCN(C2)[C@H]31. The molecule has 5 atom stereocenters. The number of hydrogen-bond acceptors (Lipinski definition) is 7. The van der Waals surface area contributed by atoms with Crippen molar-refractivity contribution >= 4 is 5.97 Å². The highest BCUT2D eigenvalue weighted by atomic mass is 16.6. The molecule has 1 aromatic rings. The fraction of sp³-hybridized carbons (Fsp3) is 0.550. The van der Waals surface area contributed by atoms with Crippen LogP contribution < -0.4 is 9.47 Å². The van der Waals surface area contributed by atoms with E-state index in [-0.39, 0.29) is 17.9 Å². The van der Waals surface area contributed by atoms with Crippen molar-refractivity contribution in [3.63, 3.8) is 0 Å². The predicted molar refractivity (Wildman–Crippen MR) is 96.9 cm³/mol. The number of esters is 1. The largest absolute Gasteiger partial charge is 0.493 e. The second kappa shape index (κ2) is 6.82. The molecule has 0 saturated heterocycles. The Morgan fingerprint density at radius 2 is 1.89 bits per heavy atom. The molecule has 3 aliphatic rings. The molecule has 1 N–H and O–H groups in total. The molecule has 4 rings (SSSR count). The van der Waals surface area contributed by atoms with Gasteiger partial charge in [-0.25, -0.2) is 0 Å². The summed E-state index contributed by atoms with van der Waals surface area (Å²) < 4.78 is 22.1. The summed E-state index contributed by atoms with van der Waals surface area (Å²) in [5.41, 5.74) is 3.13. The van der Waals surface area contributed by atoms with Crippen LogP contribution in [-0.2, 0) is 20.8 Å². The van der Waals surface area contributed by atoms with Gasteiger partial charge in [0.15, 0.2) is 17.6 Å². The highest BCUT2D eigenvalue weighted by Gasteiger charge is 2.55. The van der Waals surface area contributed by atoms with Crippen molar-refractivity contribution in [1.82, 2.24) is 4.90 Å². The first-order chi connectivity index (χ1) is 13.0. The number of hydrogen-bond donors (Lipinski definition) is 1. The molecule has 0 bridgehead atoms. The third kappa shape index (κ3) is 2.72. The predicted octanol–water partition coefficient (Wildman–Crippen LogP) is 1.23. The maximum atomic E-state index is 11.6. The van der Waals surface area contributed by atoms with Gasteiger partial charge in [-0.2, -0.15) is 0 Å². The first-order valence-electron chi connectivity index (χ1n) is 9.07. The fourth-order valence-electron chi connectivity index (χ4n) is 4.84. The molecule has 1 aliphatic carbocycles. The first kappa shape index (κ1) is 18.3. The molecular formula is C20H25NO6. The fourth-order valence-corrected chi connectivity index (χ4v) is 4.84. The number of ether oxygens (including phenoxy) is 4. The van der Waals surface area contributed by atoms with Crippen LogP contribution in [0.25, 0.3) is 0 Å². The number of benzene rings is 1. The van der Waals surface area contributed by atoms with Gasteiger partial charge in [-0.15, -0.1) is 0 Å². The summed E-state index contributed by atoms with van der Waals surface area (Å²) in [7, 11) is 4.76. The van der Waals surface area contributed by atoms with Crippen LogP contribution in [0.2, 0.25) is 0 Å². The Bertz CT molecular complexity index is 791. The first-order valence-corrected chi connectivity index (χ1v) is 9.07. The second-order valence-electron chi connectivity index (χ2n) is 7.23. The monoisotopic (exact) mass is 375 g/mol. The minimum atomic E-state index is -0.820. The summed E-state index contributed by atoms with van der Waals surface area (Å²) in [6, 6.07) is 3.91. The van der Waals surface area contributed by atoms with E-state index < -0.39 is 18.3 Å². The Morgan fingerprint density at radius 3 is 2.52 bits per heavy atom. The maximum absolute atomic E-state index is 11.6. The third-order valence-corrected chi connectivity index (χ3v) is 5.91. The number of carbonyl (C=O) groups is 1. The number of nitrogens with zero attached hydrogens (tertiary/aromatic N) is 1. The standard InChI is InChI=1S/C20H25NO6/c1-10(22)27-19-12-5-6-21-9-11-7-14(24-2)15(25-3)8-13(11)16(17(12)21)18(23)20(19)26-4/h5,7-8,16-20,23H,6,9H2,1-4H3/t16-,17+,18-,19+,20+/m0/s1. The van der Waals surface area contributed by atoms with E-state index in [1.165, 1.54) is 14.0 Å². The van der Waals surface area contributed by atoms with Crippen molar-refractivity contribution in [2.75, 3.05) is 27.9 Å². The number of aliphatic hydroxyl groups excluding tert-OH is 1. The summed E-state index contributed by atoms with van der Waals surface area (Å²) in [6.45, 7) is 2.85. The van der Waals surface area contributed by atoms with Gasteiger partial charge >= 0.3 is 5.97 Å². The van der Waals surface area contributed by atoms with Crippen molar-refractivity contribution < 1.29 is 28.8 Å². The van der Waals surface area contributed by atoms with Crippen molar-refractivity contribution in [3.8, 4) is 11.5 Å². The van der Waals surface area contributed by atoms with Gasteiger partial charge in [-0.1, -0.05) is 6.08 Å².